The molecule has 0 amide bonds. The first kappa shape index (κ1) is 13.1. The third-order valence-electron chi connectivity index (χ3n) is 3.65. The second-order valence-electron chi connectivity index (χ2n) is 5.01. The van der Waals surface area contributed by atoms with Crippen LogP contribution in [0, 0.1) is 13.8 Å². The Morgan fingerprint density at radius 3 is 2.14 bits per heavy atom. The second kappa shape index (κ2) is 4.47. The minimum atomic E-state index is -0.00810. The van der Waals surface area contributed by atoms with Gasteiger partial charge in [-0.05, 0) is 26.0 Å². The summed E-state index contributed by atoms with van der Waals surface area (Å²) in [5.74, 6) is -0.0135. The number of ketones is 2. The van der Waals surface area contributed by atoms with Crippen molar-refractivity contribution in [2.24, 2.45) is 0 Å². The van der Waals surface area contributed by atoms with Gasteiger partial charge in [-0.2, -0.15) is 11.3 Å². The van der Waals surface area contributed by atoms with Crippen molar-refractivity contribution in [1.29, 1.82) is 0 Å². The zero-order valence-corrected chi connectivity index (χ0v) is 13.8. The lowest BCUT2D eigenvalue weighted by molar-refractivity contribution is 0.0981. The van der Waals surface area contributed by atoms with Crippen LogP contribution in [-0.2, 0) is 0 Å². The van der Waals surface area contributed by atoms with E-state index in [9.17, 15) is 9.59 Å². The van der Waals surface area contributed by atoms with Crippen molar-refractivity contribution in [2.45, 2.75) is 13.8 Å². The number of hydrogen-bond donors (Lipinski definition) is 0. The van der Waals surface area contributed by atoms with Crippen molar-refractivity contribution in [3.63, 3.8) is 0 Å². The van der Waals surface area contributed by atoms with Gasteiger partial charge in [-0.1, -0.05) is 0 Å². The monoisotopic (exact) mass is 330 g/mol. The average Bonchev–Trinajstić information content (AvgIpc) is 3.14. The summed E-state index contributed by atoms with van der Waals surface area (Å²) in [7, 11) is 0. The van der Waals surface area contributed by atoms with Crippen LogP contribution in [0.15, 0.2) is 22.9 Å². The largest absolute Gasteiger partial charge is 0.288 e. The Bertz CT molecular complexity index is 908. The number of hydrogen-bond acceptors (Lipinski definition) is 5. The lowest BCUT2D eigenvalue weighted by Gasteiger charge is -2.12. The van der Waals surface area contributed by atoms with E-state index in [1.807, 2.05) is 26.0 Å². The van der Waals surface area contributed by atoms with E-state index in [-0.39, 0.29) is 11.6 Å². The van der Waals surface area contributed by atoms with Crippen LogP contribution in [0.5, 0.6) is 0 Å². The van der Waals surface area contributed by atoms with E-state index in [2.05, 4.69) is 0 Å². The highest BCUT2D eigenvalue weighted by atomic mass is 32.1. The van der Waals surface area contributed by atoms with Gasteiger partial charge in [-0.15, -0.1) is 22.7 Å². The maximum Gasteiger partial charge on any atom is 0.196 e. The van der Waals surface area contributed by atoms with E-state index >= 15 is 0 Å². The topological polar surface area (TPSA) is 34.1 Å². The van der Waals surface area contributed by atoms with Crippen molar-refractivity contribution >= 4 is 45.6 Å². The van der Waals surface area contributed by atoms with Crippen LogP contribution < -0.4 is 0 Å². The summed E-state index contributed by atoms with van der Waals surface area (Å²) in [6.45, 7) is 3.97. The van der Waals surface area contributed by atoms with Gasteiger partial charge in [0.25, 0.3) is 0 Å². The first-order valence-corrected chi connectivity index (χ1v) is 9.01. The predicted octanol–water partition coefficient (Wildman–Crippen LogP) is 4.93. The normalized spacial score (nSPS) is 13.4. The molecule has 1 aliphatic rings. The van der Waals surface area contributed by atoms with E-state index < -0.39 is 0 Å². The fourth-order valence-corrected chi connectivity index (χ4v) is 5.62. The lowest BCUT2D eigenvalue weighted by atomic mass is 9.86. The molecular weight excluding hydrogens is 320 g/mol. The molecule has 0 saturated heterocycles. The fourth-order valence-electron chi connectivity index (χ4n) is 2.68. The molecule has 4 rings (SSSR count). The van der Waals surface area contributed by atoms with Crippen LogP contribution in [0.2, 0.25) is 0 Å². The molecule has 0 N–H and O–H groups in total. The van der Waals surface area contributed by atoms with E-state index in [1.165, 1.54) is 16.2 Å². The molecule has 1 aliphatic carbocycles. The van der Waals surface area contributed by atoms with Crippen molar-refractivity contribution in [3.8, 4) is 9.75 Å². The zero-order valence-electron chi connectivity index (χ0n) is 11.4. The number of thiophene rings is 3. The summed E-state index contributed by atoms with van der Waals surface area (Å²) in [6.07, 6.45) is 0. The van der Waals surface area contributed by atoms with Crippen LogP contribution in [0.4, 0.5) is 0 Å². The van der Waals surface area contributed by atoms with Crippen LogP contribution in [0.3, 0.4) is 0 Å². The third-order valence-corrected chi connectivity index (χ3v) is 6.68. The lowest BCUT2D eigenvalue weighted by Crippen LogP contribution is -2.18. The van der Waals surface area contributed by atoms with Gasteiger partial charge in [0.1, 0.15) is 0 Å². The van der Waals surface area contributed by atoms with E-state index in [4.69, 9.17) is 0 Å². The van der Waals surface area contributed by atoms with Crippen molar-refractivity contribution in [3.05, 3.63) is 54.9 Å². The second-order valence-corrected chi connectivity index (χ2v) is 8.26. The average molecular weight is 330 g/mol. The molecule has 3 aromatic rings. The summed E-state index contributed by atoms with van der Waals surface area (Å²) in [4.78, 5) is 29.6. The quantitative estimate of drug-likeness (QED) is 0.496. The highest BCUT2D eigenvalue weighted by Gasteiger charge is 2.36. The molecule has 0 atom stereocenters. The molecule has 5 heteroatoms. The standard InChI is InChI=1S/C16H10O2S3/c1-7-3-4-11(20-7)16-13-12(8(2)21-16)14(17)9-5-19-6-10(9)15(13)18/h3-6H,1-2H3. The predicted molar refractivity (Wildman–Crippen MR) is 88.3 cm³/mol. The first-order valence-electron chi connectivity index (χ1n) is 6.43. The molecule has 3 aromatic heterocycles. The Morgan fingerprint density at radius 2 is 1.52 bits per heavy atom. The van der Waals surface area contributed by atoms with Crippen LogP contribution in [0.1, 0.15) is 41.6 Å². The molecule has 0 aliphatic heterocycles. The molecule has 0 radical (unpaired) electrons. The first-order chi connectivity index (χ1) is 10.1. The van der Waals surface area contributed by atoms with Gasteiger partial charge in [0.15, 0.2) is 11.6 Å². The molecule has 21 heavy (non-hydrogen) atoms. The van der Waals surface area contributed by atoms with Crippen molar-refractivity contribution in [2.75, 3.05) is 0 Å². The minimum absolute atomic E-state index is 0.00544. The number of aryl methyl sites for hydroxylation is 2. The summed E-state index contributed by atoms with van der Waals surface area (Å²) >= 11 is 4.63. The SMILES string of the molecule is Cc1ccc(-c2sc(C)c3c2C(=O)c2cscc2C3=O)s1. The molecule has 0 unspecified atom stereocenters. The molecule has 104 valence electrons. The van der Waals surface area contributed by atoms with Crippen LogP contribution in [-0.4, -0.2) is 11.6 Å². The number of carbonyl (C=O) groups excluding carboxylic acids is 2. The Kier molecular flexibility index (Phi) is 2.79. The Balaban J connectivity index is 2.02. The molecule has 0 aromatic carbocycles. The van der Waals surface area contributed by atoms with Gasteiger partial charge >= 0.3 is 0 Å². The van der Waals surface area contributed by atoms with Gasteiger partial charge in [-0.25, -0.2) is 0 Å². The Morgan fingerprint density at radius 1 is 0.857 bits per heavy atom. The summed E-state index contributed by atoms with van der Waals surface area (Å²) in [5, 5.41) is 3.57. The van der Waals surface area contributed by atoms with Crippen LogP contribution >= 0.6 is 34.0 Å². The molecule has 0 fully saturated rings. The number of rotatable bonds is 1. The number of carbonyl (C=O) groups is 2. The van der Waals surface area contributed by atoms with Crippen molar-refractivity contribution in [1.82, 2.24) is 0 Å². The van der Waals surface area contributed by atoms with Crippen LogP contribution in [0.25, 0.3) is 9.75 Å². The molecule has 0 spiro atoms. The van der Waals surface area contributed by atoms with Gasteiger partial charge < -0.3 is 0 Å². The minimum Gasteiger partial charge on any atom is -0.288 e. The molecule has 0 bridgehead atoms. The zero-order chi connectivity index (χ0) is 14.7. The maximum atomic E-state index is 12.8. The third kappa shape index (κ3) is 1.75. The highest BCUT2D eigenvalue weighted by Crippen LogP contribution is 2.44. The van der Waals surface area contributed by atoms with Crippen molar-refractivity contribution < 1.29 is 9.59 Å². The summed E-state index contributed by atoms with van der Waals surface area (Å²) < 4.78 is 0. The molecule has 2 nitrogen and oxygen atoms in total. The van der Waals surface area contributed by atoms with Gasteiger partial charge in [0.2, 0.25) is 0 Å². The smallest absolute Gasteiger partial charge is 0.196 e. The Hall–Kier alpha value is -1.56. The van der Waals surface area contributed by atoms with Gasteiger partial charge in [-0.3, -0.25) is 9.59 Å². The fraction of sp³-hybridized carbons (Fsp3) is 0.125. The van der Waals surface area contributed by atoms with Gasteiger partial charge in [0.05, 0.1) is 10.4 Å². The van der Waals surface area contributed by atoms with E-state index in [1.54, 1.807) is 33.4 Å². The summed E-state index contributed by atoms with van der Waals surface area (Å²) in [5.41, 5.74) is 2.34. The van der Waals surface area contributed by atoms with E-state index in [0.29, 0.717) is 22.3 Å². The summed E-state index contributed by atoms with van der Waals surface area (Å²) in [6, 6.07) is 4.08. The molecule has 3 heterocycles. The van der Waals surface area contributed by atoms with Gasteiger partial charge in [0, 0.05) is 42.1 Å². The highest BCUT2D eigenvalue weighted by molar-refractivity contribution is 7.22. The maximum absolute atomic E-state index is 12.8. The molecule has 0 saturated carbocycles. The Labute approximate surface area is 133 Å². The molecular formula is C16H10O2S3. The number of fused-ring (bicyclic) bond motifs is 2. The van der Waals surface area contributed by atoms with E-state index in [0.717, 1.165) is 14.6 Å².